The third kappa shape index (κ3) is 8.18. The normalized spacial score (nSPS) is 12.1. The van der Waals surface area contributed by atoms with E-state index in [-0.39, 0.29) is 0 Å². The number of aliphatic hydroxyl groups excluding tert-OH is 1. The molecule has 0 saturated heterocycles. The summed E-state index contributed by atoms with van der Waals surface area (Å²) in [6, 6.07) is 0. The SMILES string of the molecule is C=CCCCCCCCC(O)C(=O)OC. The van der Waals surface area contributed by atoms with Crippen molar-refractivity contribution >= 4 is 5.97 Å². The van der Waals surface area contributed by atoms with Gasteiger partial charge in [0.05, 0.1) is 7.11 Å². The van der Waals surface area contributed by atoms with Crippen molar-refractivity contribution in [2.24, 2.45) is 0 Å². The topological polar surface area (TPSA) is 46.5 Å². The molecule has 1 atom stereocenters. The Morgan fingerprint density at radius 1 is 1.33 bits per heavy atom. The molecule has 0 amide bonds. The number of hydrogen-bond donors (Lipinski definition) is 1. The van der Waals surface area contributed by atoms with Crippen molar-refractivity contribution in [1.82, 2.24) is 0 Å². The highest BCUT2D eigenvalue weighted by atomic mass is 16.5. The molecule has 0 spiro atoms. The lowest BCUT2D eigenvalue weighted by molar-refractivity contribution is -0.150. The molecule has 15 heavy (non-hydrogen) atoms. The maximum absolute atomic E-state index is 10.8. The molecule has 0 aromatic carbocycles. The number of methoxy groups -OCH3 is 1. The summed E-state index contributed by atoms with van der Waals surface area (Å²) in [5.41, 5.74) is 0. The number of unbranched alkanes of at least 4 members (excludes halogenated alkanes) is 5. The molecular formula is C12H22O3. The van der Waals surface area contributed by atoms with Gasteiger partial charge in [-0.05, 0) is 19.3 Å². The molecule has 0 aliphatic rings. The van der Waals surface area contributed by atoms with Gasteiger partial charge in [0.15, 0.2) is 6.10 Å². The number of carbonyl (C=O) groups is 1. The van der Waals surface area contributed by atoms with E-state index in [9.17, 15) is 9.90 Å². The third-order valence-corrected chi connectivity index (χ3v) is 2.36. The molecular weight excluding hydrogens is 192 g/mol. The summed E-state index contributed by atoms with van der Waals surface area (Å²) in [6.07, 6.45) is 8.05. The van der Waals surface area contributed by atoms with Gasteiger partial charge in [0.25, 0.3) is 0 Å². The maximum Gasteiger partial charge on any atom is 0.334 e. The van der Waals surface area contributed by atoms with Gasteiger partial charge in [-0.1, -0.05) is 31.8 Å². The quantitative estimate of drug-likeness (QED) is 0.364. The van der Waals surface area contributed by atoms with Gasteiger partial charge in [-0.15, -0.1) is 6.58 Å². The molecule has 0 radical (unpaired) electrons. The van der Waals surface area contributed by atoms with Gasteiger partial charge in [-0.2, -0.15) is 0 Å². The maximum atomic E-state index is 10.8. The van der Waals surface area contributed by atoms with Crippen molar-refractivity contribution < 1.29 is 14.6 Å². The Kier molecular flexibility index (Phi) is 9.18. The third-order valence-electron chi connectivity index (χ3n) is 2.36. The minimum Gasteiger partial charge on any atom is -0.467 e. The van der Waals surface area contributed by atoms with E-state index in [4.69, 9.17) is 0 Å². The van der Waals surface area contributed by atoms with Gasteiger partial charge in [0, 0.05) is 0 Å². The van der Waals surface area contributed by atoms with E-state index in [1.54, 1.807) is 0 Å². The smallest absolute Gasteiger partial charge is 0.334 e. The monoisotopic (exact) mass is 214 g/mol. The molecule has 0 aliphatic carbocycles. The van der Waals surface area contributed by atoms with E-state index < -0.39 is 12.1 Å². The van der Waals surface area contributed by atoms with Gasteiger partial charge in [-0.3, -0.25) is 0 Å². The zero-order valence-electron chi connectivity index (χ0n) is 9.58. The van der Waals surface area contributed by atoms with Crippen LogP contribution in [-0.4, -0.2) is 24.3 Å². The molecule has 0 aromatic heterocycles. The molecule has 1 N–H and O–H groups in total. The fourth-order valence-corrected chi connectivity index (χ4v) is 1.41. The van der Waals surface area contributed by atoms with Gasteiger partial charge in [0.2, 0.25) is 0 Å². The number of carbonyl (C=O) groups excluding carboxylic acids is 1. The Hall–Kier alpha value is -0.830. The van der Waals surface area contributed by atoms with Gasteiger partial charge in [-0.25, -0.2) is 4.79 Å². The zero-order chi connectivity index (χ0) is 11.5. The molecule has 1 unspecified atom stereocenters. The first-order valence-electron chi connectivity index (χ1n) is 5.59. The molecule has 0 rings (SSSR count). The number of allylic oxidation sites excluding steroid dienone is 1. The lowest BCUT2D eigenvalue weighted by Gasteiger charge is -2.07. The number of ether oxygens (including phenoxy) is 1. The molecule has 3 nitrogen and oxygen atoms in total. The van der Waals surface area contributed by atoms with Crippen LogP contribution in [0.2, 0.25) is 0 Å². The van der Waals surface area contributed by atoms with Crippen LogP contribution in [0, 0.1) is 0 Å². The highest BCUT2D eigenvalue weighted by Crippen LogP contribution is 2.09. The lowest BCUT2D eigenvalue weighted by atomic mass is 10.1. The minimum atomic E-state index is -0.942. The average Bonchev–Trinajstić information content (AvgIpc) is 2.26. The molecule has 0 heterocycles. The second-order valence-corrected chi connectivity index (χ2v) is 3.67. The van der Waals surface area contributed by atoms with E-state index in [0.29, 0.717) is 6.42 Å². The molecule has 0 aromatic rings. The van der Waals surface area contributed by atoms with Crippen molar-refractivity contribution in [3.8, 4) is 0 Å². The van der Waals surface area contributed by atoms with Crippen LogP contribution in [0.15, 0.2) is 12.7 Å². The Bertz CT molecular complexity index is 178. The summed E-state index contributed by atoms with van der Waals surface area (Å²) in [4.78, 5) is 10.8. The molecule has 0 bridgehead atoms. The molecule has 0 saturated carbocycles. The van der Waals surface area contributed by atoms with Crippen molar-refractivity contribution in [2.75, 3.05) is 7.11 Å². The summed E-state index contributed by atoms with van der Waals surface area (Å²) < 4.78 is 4.42. The van der Waals surface area contributed by atoms with Crippen LogP contribution in [0.4, 0.5) is 0 Å². The zero-order valence-corrected chi connectivity index (χ0v) is 9.58. The fourth-order valence-electron chi connectivity index (χ4n) is 1.41. The van der Waals surface area contributed by atoms with Crippen molar-refractivity contribution in [2.45, 2.75) is 51.0 Å². The Balaban J connectivity index is 3.23. The van der Waals surface area contributed by atoms with Crippen LogP contribution in [0.1, 0.15) is 44.9 Å². The van der Waals surface area contributed by atoms with E-state index in [1.165, 1.54) is 20.0 Å². The Morgan fingerprint density at radius 2 is 1.93 bits per heavy atom. The summed E-state index contributed by atoms with van der Waals surface area (Å²) >= 11 is 0. The largest absolute Gasteiger partial charge is 0.467 e. The Morgan fingerprint density at radius 3 is 2.53 bits per heavy atom. The fraction of sp³-hybridized carbons (Fsp3) is 0.750. The van der Waals surface area contributed by atoms with Crippen LogP contribution < -0.4 is 0 Å². The van der Waals surface area contributed by atoms with Crippen LogP contribution in [0.3, 0.4) is 0 Å². The summed E-state index contributed by atoms with van der Waals surface area (Å²) in [5.74, 6) is -0.526. The summed E-state index contributed by atoms with van der Waals surface area (Å²) in [6.45, 7) is 3.66. The van der Waals surface area contributed by atoms with Crippen LogP contribution in [0.5, 0.6) is 0 Å². The van der Waals surface area contributed by atoms with Crippen LogP contribution >= 0.6 is 0 Å². The number of aliphatic hydroxyl groups is 1. The molecule has 3 heteroatoms. The lowest BCUT2D eigenvalue weighted by Crippen LogP contribution is -2.21. The first-order chi connectivity index (χ1) is 7.22. The van der Waals surface area contributed by atoms with E-state index in [1.807, 2.05) is 6.08 Å². The second kappa shape index (κ2) is 9.71. The average molecular weight is 214 g/mol. The first kappa shape index (κ1) is 14.2. The standard InChI is InChI=1S/C12H22O3/c1-3-4-5-6-7-8-9-10-11(13)12(14)15-2/h3,11,13H,1,4-10H2,2H3. The van der Waals surface area contributed by atoms with Gasteiger partial charge >= 0.3 is 5.97 Å². The van der Waals surface area contributed by atoms with Crippen molar-refractivity contribution in [3.05, 3.63) is 12.7 Å². The molecule has 0 fully saturated rings. The minimum absolute atomic E-state index is 0.508. The van der Waals surface area contributed by atoms with Gasteiger partial charge in [0.1, 0.15) is 0 Å². The van der Waals surface area contributed by atoms with Crippen molar-refractivity contribution in [3.63, 3.8) is 0 Å². The predicted molar refractivity (Wildman–Crippen MR) is 60.5 cm³/mol. The van der Waals surface area contributed by atoms with E-state index in [0.717, 1.165) is 25.7 Å². The predicted octanol–water partition coefficient (Wildman–Crippen LogP) is 2.44. The number of hydrogen-bond acceptors (Lipinski definition) is 3. The first-order valence-corrected chi connectivity index (χ1v) is 5.59. The highest BCUT2D eigenvalue weighted by Gasteiger charge is 2.13. The van der Waals surface area contributed by atoms with Crippen LogP contribution in [-0.2, 0) is 9.53 Å². The number of esters is 1. The van der Waals surface area contributed by atoms with Crippen molar-refractivity contribution in [1.29, 1.82) is 0 Å². The molecule has 88 valence electrons. The van der Waals surface area contributed by atoms with Gasteiger partial charge < -0.3 is 9.84 Å². The van der Waals surface area contributed by atoms with E-state index in [2.05, 4.69) is 11.3 Å². The highest BCUT2D eigenvalue weighted by molar-refractivity contribution is 5.74. The summed E-state index contributed by atoms with van der Waals surface area (Å²) in [7, 11) is 1.29. The molecule has 0 aliphatic heterocycles. The van der Waals surface area contributed by atoms with E-state index >= 15 is 0 Å². The van der Waals surface area contributed by atoms with Crippen LogP contribution in [0.25, 0.3) is 0 Å². The number of rotatable bonds is 9. The second-order valence-electron chi connectivity index (χ2n) is 3.67. The summed E-state index contributed by atoms with van der Waals surface area (Å²) in [5, 5.41) is 9.27. The Labute approximate surface area is 92.1 Å².